The van der Waals surface area contributed by atoms with Gasteiger partial charge in [0.1, 0.15) is 4.88 Å². The fourth-order valence-electron chi connectivity index (χ4n) is 0.976. The number of nitrogens with two attached hydrogens (primary N) is 2. The van der Waals surface area contributed by atoms with Gasteiger partial charge in [0.2, 0.25) is 0 Å². The Bertz CT molecular complexity index is 336. The van der Waals surface area contributed by atoms with Crippen LogP contribution in [0.15, 0.2) is 0 Å². The lowest BCUT2D eigenvalue weighted by Gasteiger charge is -2.09. The lowest BCUT2D eigenvalue weighted by molar-refractivity contribution is 0.0944. The van der Waals surface area contributed by atoms with Crippen molar-refractivity contribution in [3.63, 3.8) is 0 Å². The molecule has 1 rings (SSSR count). The number of rotatable bonds is 3. The van der Waals surface area contributed by atoms with Gasteiger partial charge in [-0.3, -0.25) is 4.79 Å². The lowest BCUT2D eigenvalue weighted by Crippen LogP contribution is -2.37. The Kier molecular flexibility index (Phi) is 3.43. The van der Waals surface area contributed by atoms with E-state index in [1.807, 2.05) is 6.92 Å². The van der Waals surface area contributed by atoms with Gasteiger partial charge < -0.3 is 16.8 Å². The van der Waals surface area contributed by atoms with Crippen LogP contribution in [0.1, 0.15) is 22.3 Å². The summed E-state index contributed by atoms with van der Waals surface area (Å²) in [5.74, 6) is -0.158. The van der Waals surface area contributed by atoms with Crippen LogP contribution in [-0.4, -0.2) is 23.5 Å². The molecular weight excluding hydrogens is 200 g/mol. The van der Waals surface area contributed by atoms with Crippen LogP contribution >= 0.6 is 11.3 Å². The molecule has 0 bridgehead atoms. The Morgan fingerprint density at radius 2 is 2.36 bits per heavy atom. The summed E-state index contributed by atoms with van der Waals surface area (Å²) in [5.41, 5.74) is 11.5. The van der Waals surface area contributed by atoms with Crippen molar-refractivity contribution >= 4 is 22.4 Å². The number of hydrogen-bond donors (Lipinski definition) is 3. The minimum atomic E-state index is -0.158. The molecule has 0 fully saturated rings. The van der Waals surface area contributed by atoms with E-state index in [0.29, 0.717) is 22.2 Å². The molecule has 1 amide bonds. The summed E-state index contributed by atoms with van der Waals surface area (Å²) in [7, 11) is 0. The number of amides is 1. The molecular formula is C8H14N4OS. The second kappa shape index (κ2) is 4.39. The highest BCUT2D eigenvalue weighted by molar-refractivity contribution is 7.17. The molecule has 5 N–H and O–H groups in total. The molecule has 0 saturated heterocycles. The number of nitrogen functional groups attached to an aromatic ring is 1. The average Bonchev–Trinajstić information content (AvgIpc) is 2.45. The summed E-state index contributed by atoms with van der Waals surface area (Å²) >= 11 is 1.19. The fourth-order valence-corrected chi connectivity index (χ4v) is 1.71. The molecule has 1 heterocycles. The third-order valence-electron chi connectivity index (χ3n) is 1.75. The molecule has 1 aromatic heterocycles. The van der Waals surface area contributed by atoms with Crippen molar-refractivity contribution in [2.24, 2.45) is 5.73 Å². The second-order valence-electron chi connectivity index (χ2n) is 3.08. The van der Waals surface area contributed by atoms with E-state index in [-0.39, 0.29) is 11.9 Å². The summed E-state index contributed by atoms with van der Waals surface area (Å²) in [5, 5.41) is 3.16. The second-order valence-corrected chi connectivity index (χ2v) is 4.11. The van der Waals surface area contributed by atoms with Crippen LogP contribution in [0, 0.1) is 6.92 Å². The van der Waals surface area contributed by atoms with Crippen LogP contribution in [0.2, 0.25) is 0 Å². The van der Waals surface area contributed by atoms with Gasteiger partial charge >= 0.3 is 0 Å². The molecule has 0 aliphatic heterocycles. The Morgan fingerprint density at radius 1 is 1.71 bits per heavy atom. The number of carbonyl (C=O) groups is 1. The third-order valence-corrected chi connectivity index (χ3v) is 2.74. The number of carbonyl (C=O) groups excluding carboxylic acids is 1. The van der Waals surface area contributed by atoms with E-state index in [9.17, 15) is 4.79 Å². The van der Waals surface area contributed by atoms with Crippen molar-refractivity contribution in [2.45, 2.75) is 19.9 Å². The number of nitrogens with one attached hydrogen (secondary N) is 1. The van der Waals surface area contributed by atoms with E-state index < -0.39 is 0 Å². The van der Waals surface area contributed by atoms with Crippen LogP contribution in [0.4, 0.5) is 5.13 Å². The van der Waals surface area contributed by atoms with E-state index in [1.165, 1.54) is 11.3 Å². The standard InChI is InChI=1S/C8H14N4OS/c1-4(3-9)11-7(13)6-5(2)12-8(10)14-6/h4H,3,9H2,1-2H3,(H2,10,12)(H,11,13). The number of hydrogen-bond acceptors (Lipinski definition) is 5. The van der Waals surface area contributed by atoms with E-state index in [4.69, 9.17) is 11.5 Å². The smallest absolute Gasteiger partial charge is 0.263 e. The topological polar surface area (TPSA) is 94.0 Å². The fraction of sp³-hybridized carbons (Fsp3) is 0.500. The monoisotopic (exact) mass is 214 g/mol. The molecule has 0 radical (unpaired) electrons. The van der Waals surface area contributed by atoms with Crippen LogP contribution in [0.25, 0.3) is 0 Å². The Labute approximate surface area is 86.5 Å². The minimum absolute atomic E-state index is 0.0368. The van der Waals surface area contributed by atoms with Gasteiger partial charge in [-0.2, -0.15) is 0 Å². The van der Waals surface area contributed by atoms with Crippen LogP contribution in [0.5, 0.6) is 0 Å². The Morgan fingerprint density at radius 3 is 2.79 bits per heavy atom. The zero-order valence-electron chi connectivity index (χ0n) is 8.20. The molecule has 0 saturated carbocycles. The molecule has 0 spiro atoms. The Balaban J connectivity index is 2.74. The minimum Gasteiger partial charge on any atom is -0.375 e. The van der Waals surface area contributed by atoms with Crippen LogP contribution in [0.3, 0.4) is 0 Å². The van der Waals surface area contributed by atoms with E-state index in [1.54, 1.807) is 6.92 Å². The van der Waals surface area contributed by atoms with Crippen molar-refractivity contribution in [1.29, 1.82) is 0 Å². The maximum atomic E-state index is 11.6. The lowest BCUT2D eigenvalue weighted by atomic mass is 10.3. The summed E-state index contributed by atoms with van der Waals surface area (Å²) in [6.45, 7) is 4.02. The van der Waals surface area contributed by atoms with Crippen molar-refractivity contribution < 1.29 is 4.79 Å². The number of aryl methyl sites for hydroxylation is 1. The van der Waals surface area contributed by atoms with Gasteiger partial charge in [0, 0.05) is 12.6 Å². The first-order chi connectivity index (χ1) is 6.54. The molecule has 1 aromatic rings. The molecule has 1 atom stereocenters. The summed E-state index contributed by atoms with van der Waals surface area (Å²) in [6, 6.07) is -0.0368. The van der Waals surface area contributed by atoms with Gasteiger partial charge in [0.25, 0.3) is 5.91 Å². The number of nitrogens with zero attached hydrogens (tertiary/aromatic N) is 1. The molecule has 0 aliphatic rings. The SMILES string of the molecule is Cc1nc(N)sc1C(=O)NC(C)CN. The normalized spacial score (nSPS) is 12.5. The van der Waals surface area contributed by atoms with Crippen molar-refractivity contribution in [2.75, 3.05) is 12.3 Å². The molecule has 5 nitrogen and oxygen atoms in total. The highest BCUT2D eigenvalue weighted by Crippen LogP contribution is 2.19. The summed E-state index contributed by atoms with van der Waals surface area (Å²) < 4.78 is 0. The first-order valence-corrected chi connectivity index (χ1v) is 5.10. The van der Waals surface area contributed by atoms with Crippen LogP contribution in [-0.2, 0) is 0 Å². The van der Waals surface area contributed by atoms with Gasteiger partial charge in [-0.15, -0.1) is 0 Å². The predicted molar refractivity (Wildman–Crippen MR) is 57.2 cm³/mol. The number of thiazole rings is 1. The quantitative estimate of drug-likeness (QED) is 0.665. The summed E-state index contributed by atoms with van der Waals surface area (Å²) in [4.78, 5) is 16.1. The Hall–Kier alpha value is -1.14. The predicted octanol–water partition coefficient (Wildman–Crippen LogP) is 0.111. The van der Waals surface area contributed by atoms with Crippen molar-refractivity contribution in [1.82, 2.24) is 10.3 Å². The maximum absolute atomic E-state index is 11.6. The van der Waals surface area contributed by atoms with Crippen molar-refractivity contribution in [3.05, 3.63) is 10.6 Å². The van der Waals surface area contributed by atoms with Gasteiger partial charge in [-0.25, -0.2) is 4.98 Å². The molecule has 0 aromatic carbocycles. The molecule has 6 heteroatoms. The largest absolute Gasteiger partial charge is 0.375 e. The zero-order chi connectivity index (χ0) is 10.7. The van der Waals surface area contributed by atoms with Gasteiger partial charge in [-0.1, -0.05) is 11.3 Å². The molecule has 1 unspecified atom stereocenters. The number of aromatic nitrogens is 1. The highest BCUT2D eigenvalue weighted by atomic mass is 32.1. The molecule has 78 valence electrons. The zero-order valence-corrected chi connectivity index (χ0v) is 9.02. The van der Waals surface area contributed by atoms with Gasteiger partial charge in [0.15, 0.2) is 5.13 Å². The third kappa shape index (κ3) is 2.43. The first-order valence-electron chi connectivity index (χ1n) is 4.28. The van der Waals surface area contributed by atoms with Crippen LogP contribution < -0.4 is 16.8 Å². The summed E-state index contributed by atoms with van der Waals surface area (Å²) in [6.07, 6.45) is 0. The number of anilines is 1. The highest BCUT2D eigenvalue weighted by Gasteiger charge is 2.15. The molecule has 0 aliphatic carbocycles. The molecule has 14 heavy (non-hydrogen) atoms. The van der Waals surface area contributed by atoms with Gasteiger partial charge in [-0.05, 0) is 13.8 Å². The maximum Gasteiger partial charge on any atom is 0.263 e. The van der Waals surface area contributed by atoms with E-state index in [2.05, 4.69) is 10.3 Å². The first kappa shape index (κ1) is 10.9. The average molecular weight is 214 g/mol. The van der Waals surface area contributed by atoms with Gasteiger partial charge in [0.05, 0.1) is 5.69 Å². The van der Waals surface area contributed by atoms with Crippen molar-refractivity contribution in [3.8, 4) is 0 Å². The van der Waals surface area contributed by atoms with E-state index >= 15 is 0 Å². The van der Waals surface area contributed by atoms with E-state index in [0.717, 1.165) is 0 Å².